The molecule has 5 heteroatoms. The maximum Gasteiger partial charge on any atom is 0.136 e. The Labute approximate surface area is 145 Å². The van der Waals surface area contributed by atoms with Crippen LogP contribution in [0, 0.1) is 24.5 Å². The summed E-state index contributed by atoms with van der Waals surface area (Å²) < 4.78 is 26.2. The minimum absolute atomic E-state index is 0.371. The molecule has 2 aromatic rings. The third kappa shape index (κ3) is 5.06. The Bertz CT molecular complexity index is 807. The van der Waals surface area contributed by atoms with Gasteiger partial charge in [-0.2, -0.15) is 0 Å². The van der Waals surface area contributed by atoms with Crippen LogP contribution in [-0.4, -0.2) is 15.4 Å². The molecule has 0 bridgehead atoms. The molecule has 4 nitrogen and oxygen atoms in total. The van der Waals surface area contributed by atoms with Crippen LogP contribution in [-0.2, 0) is 22.8 Å². The third-order valence-electron chi connectivity index (χ3n) is 3.61. The fourth-order valence-electron chi connectivity index (χ4n) is 2.74. The van der Waals surface area contributed by atoms with Gasteiger partial charge in [0.25, 0.3) is 0 Å². The van der Waals surface area contributed by atoms with Gasteiger partial charge < -0.3 is 4.74 Å². The molecule has 2 rings (SSSR count). The number of aromatic nitrogens is 1. The van der Waals surface area contributed by atoms with Gasteiger partial charge in [-0.3, -0.25) is 4.98 Å². The lowest BCUT2D eigenvalue weighted by Crippen LogP contribution is -2.05. The highest BCUT2D eigenvalue weighted by Gasteiger charge is 2.14. The Morgan fingerprint density at radius 2 is 1.75 bits per heavy atom. The first kappa shape index (κ1) is 18.5. The van der Waals surface area contributed by atoms with Crippen LogP contribution in [0.4, 0.5) is 0 Å². The number of nitrogens with one attached hydrogen (secondary N) is 1. The first-order valence-electron chi connectivity index (χ1n) is 8.09. The monoisotopic (exact) mass is 346 g/mol. The predicted molar refractivity (Wildman–Crippen MR) is 98.1 cm³/mol. The molecule has 0 amide bonds. The number of aryl methyl sites for hydroxylation is 2. The summed E-state index contributed by atoms with van der Waals surface area (Å²) in [6.45, 7) is 8.55. The Morgan fingerprint density at radius 1 is 1.12 bits per heavy atom. The van der Waals surface area contributed by atoms with Crippen LogP contribution >= 0.6 is 0 Å². The van der Waals surface area contributed by atoms with Crippen LogP contribution in [0.3, 0.4) is 0 Å². The van der Waals surface area contributed by atoms with Crippen molar-refractivity contribution in [2.75, 3.05) is 6.26 Å². The summed E-state index contributed by atoms with van der Waals surface area (Å²) in [5, 5.41) is 0. The fraction of sp³-hybridized carbons (Fsp3) is 0.421. The molecule has 0 spiro atoms. The van der Waals surface area contributed by atoms with Crippen LogP contribution in [0.5, 0.6) is 5.75 Å². The molecule has 1 heterocycles. The number of benzene rings is 1. The van der Waals surface area contributed by atoms with Crippen LogP contribution in [0.25, 0.3) is 0 Å². The van der Waals surface area contributed by atoms with Gasteiger partial charge in [-0.25, -0.2) is 8.99 Å². The van der Waals surface area contributed by atoms with E-state index in [0.29, 0.717) is 23.2 Å². The van der Waals surface area contributed by atoms with E-state index in [4.69, 9.17) is 9.52 Å². The van der Waals surface area contributed by atoms with E-state index in [1.54, 1.807) is 0 Å². The highest BCUT2D eigenvalue weighted by atomic mass is 32.2. The lowest BCUT2D eigenvalue weighted by molar-refractivity contribution is 0.298. The van der Waals surface area contributed by atoms with Crippen molar-refractivity contribution in [3.05, 3.63) is 52.8 Å². The molecule has 0 aliphatic rings. The molecular formula is C19H26N2O2S. The van der Waals surface area contributed by atoms with E-state index in [9.17, 15) is 4.21 Å². The summed E-state index contributed by atoms with van der Waals surface area (Å²) in [7, 11) is -2.85. The molecule has 0 saturated heterocycles. The van der Waals surface area contributed by atoms with Crippen LogP contribution < -0.4 is 4.74 Å². The minimum atomic E-state index is -2.85. The lowest BCUT2D eigenvalue weighted by atomic mass is 10.0. The number of ether oxygens (including phenoxy) is 1. The van der Waals surface area contributed by atoms with E-state index in [1.807, 2.05) is 44.2 Å². The number of hydrogen-bond acceptors (Lipinski definition) is 4. The summed E-state index contributed by atoms with van der Waals surface area (Å²) in [5.41, 5.74) is 4.00. The summed E-state index contributed by atoms with van der Waals surface area (Å²) in [4.78, 5) is 4.83. The Hall–Kier alpha value is -1.88. The SMILES string of the molecule is Cc1cc(COc2ccc(CC(C)C)cc2S(C)(=N)=O)cc(C)n1. The second-order valence-corrected chi connectivity index (χ2v) is 8.90. The lowest BCUT2D eigenvalue weighted by Gasteiger charge is -2.14. The molecule has 1 unspecified atom stereocenters. The maximum absolute atomic E-state index is 12.3. The smallest absolute Gasteiger partial charge is 0.136 e. The summed E-state index contributed by atoms with van der Waals surface area (Å²) in [5.74, 6) is 1.03. The molecule has 0 saturated carbocycles. The van der Waals surface area contributed by atoms with Crippen LogP contribution in [0.15, 0.2) is 35.2 Å². The normalized spacial score (nSPS) is 13.8. The largest absolute Gasteiger partial charge is 0.488 e. The Balaban J connectivity index is 2.28. The van der Waals surface area contributed by atoms with E-state index in [2.05, 4.69) is 18.8 Å². The second-order valence-electron chi connectivity index (χ2n) is 6.77. The van der Waals surface area contributed by atoms with Crippen molar-refractivity contribution < 1.29 is 8.95 Å². The second kappa shape index (κ2) is 7.34. The van der Waals surface area contributed by atoms with Gasteiger partial charge in [0.1, 0.15) is 12.4 Å². The molecule has 0 aliphatic carbocycles. The molecule has 1 aromatic heterocycles. The van der Waals surface area contributed by atoms with Crippen molar-refractivity contribution in [3.63, 3.8) is 0 Å². The number of rotatable bonds is 6. The average Bonchev–Trinajstić information content (AvgIpc) is 2.43. The van der Waals surface area contributed by atoms with Crippen molar-refractivity contribution in [2.24, 2.45) is 5.92 Å². The van der Waals surface area contributed by atoms with Crippen molar-refractivity contribution in [1.82, 2.24) is 4.98 Å². The first-order valence-corrected chi connectivity index (χ1v) is 10.1. The minimum Gasteiger partial charge on any atom is -0.488 e. The highest BCUT2D eigenvalue weighted by molar-refractivity contribution is 7.91. The molecule has 0 fully saturated rings. The molecule has 0 aliphatic heterocycles. The van der Waals surface area contributed by atoms with Gasteiger partial charge in [-0.15, -0.1) is 0 Å². The van der Waals surface area contributed by atoms with Crippen molar-refractivity contribution >= 4 is 9.73 Å². The van der Waals surface area contributed by atoms with Gasteiger partial charge in [0.15, 0.2) is 0 Å². The topological polar surface area (TPSA) is 63.0 Å². The third-order valence-corrected chi connectivity index (χ3v) is 4.77. The Kier molecular flexibility index (Phi) is 5.65. The maximum atomic E-state index is 12.3. The highest BCUT2D eigenvalue weighted by Crippen LogP contribution is 2.27. The van der Waals surface area contributed by atoms with E-state index < -0.39 is 9.73 Å². The quantitative estimate of drug-likeness (QED) is 0.837. The summed E-state index contributed by atoms with van der Waals surface area (Å²) >= 11 is 0. The van der Waals surface area contributed by atoms with Gasteiger partial charge in [-0.1, -0.05) is 19.9 Å². The van der Waals surface area contributed by atoms with Crippen LogP contribution in [0.2, 0.25) is 0 Å². The van der Waals surface area contributed by atoms with E-state index in [0.717, 1.165) is 28.9 Å². The van der Waals surface area contributed by atoms with Gasteiger partial charge >= 0.3 is 0 Å². The Morgan fingerprint density at radius 3 is 2.29 bits per heavy atom. The molecule has 1 atom stereocenters. The molecule has 24 heavy (non-hydrogen) atoms. The van der Waals surface area contributed by atoms with Gasteiger partial charge in [0.2, 0.25) is 0 Å². The van der Waals surface area contributed by atoms with Gasteiger partial charge in [0, 0.05) is 17.6 Å². The van der Waals surface area contributed by atoms with Gasteiger partial charge in [0.05, 0.1) is 14.6 Å². The van der Waals surface area contributed by atoms with E-state index in [-0.39, 0.29) is 0 Å². The molecular weight excluding hydrogens is 320 g/mol. The van der Waals surface area contributed by atoms with Crippen molar-refractivity contribution in [2.45, 2.75) is 45.6 Å². The average molecular weight is 346 g/mol. The van der Waals surface area contributed by atoms with Crippen molar-refractivity contribution in [1.29, 1.82) is 4.78 Å². The van der Waals surface area contributed by atoms with E-state index in [1.165, 1.54) is 6.26 Å². The first-order chi connectivity index (χ1) is 11.1. The molecule has 1 N–H and O–H groups in total. The predicted octanol–water partition coefficient (Wildman–Crippen LogP) is 4.51. The summed E-state index contributed by atoms with van der Waals surface area (Å²) in [6.07, 6.45) is 2.33. The fourth-order valence-corrected chi connectivity index (χ4v) is 3.63. The van der Waals surface area contributed by atoms with E-state index >= 15 is 0 Å². The standard InChI is InChI=1S/C19H26N2O2S/c1-13(2)8-16-6-7-18(19(11-16)24(5,20)22)23-12-17-9-14(3)21-15(4)10-17/h6-7,9-11,13,20H,8,12H2,1-5H3. The van der Waals surface area contributed by atoms with Crippen molar-refractivity contribution in [3.8, 4) is 5.75 Å². The summed E-state index contributed by atoms with van der Waals surface area (Å²) in [6, 6.07) is 9.64. The zero-order chi connectivity index (χ0) is 17.9. The number of pyridine rings is 1. The zero-order valence-electron chi connectivity index (χ0n) is 15.1. The number of nitrogens with zero attached hydrogens (tertiary/aromatic N) is 1. The molecule has 0 radical (unpaired) electrons. The van der Waals surface area contributed by atoms with Crippen LogP contribution in [0.1, 0.15) is 36.4 Å². The molecule has 1 aromatic carbocycles. The van der Waals surface area contributed by atoms with Gasteiger partial charge in [-0.05, 0) is 61.6 Å². The number of hydrogen-bond donors (Lipinski definition) is 1. The zero-order valence-corrected chi connectivity index (χ0v) is 15.9. The molecule has 130 valence electrons.